The highest BCUT2D eigenvalue weighted by Crippen LogP contribution is 2.33. The Morgan fingerprint density at radius 3 is 2.39 bits per heavy atom. The van der Waals surface area contributed by atoms with E-state index >= 15 is 0 Å². The van der Waals surface area contributed by atoms with Crippen LogP contribution in [0.4, 0.5) is 20.6 Å². The Morgan fingerprint density at radius 1 is 1.12 bits per heavy atom. The van der Waals surface area contributed by atoms with Crippen LogP contribution in [0.15, 0.2) is 18.2 Å². The number of anilines is 2. The molecule has 0 saturated carbocycles. The first-order valence-corrected chi connectivity index (χ1v) is 11.0. The molecule has 8 nitrogen and oxygen atoms in total. The van der Waals surface area contributed by atoms with Crippen LogP contribution in [0.25, 0.3) is 0 Å². The van der Waals surface area contributed by atoms with Gasteiger partial charge in [-0.2, -0.15) is 0 Å². The van der Waals surface area contributed by atoms with Gasteiger partial charge in [-0.15, -0.1) is 0 Å². The minimum atomic E-state index is -1.07. The Labute approximate surface area is 201 Å². The van der Waals surface area contributed by atoms with Crippen LogP contribution in [0.2, 0.25) is 10.0 Å². The molecule has 0 spiro atoms. The molecule has 178 valence electrons. The lowest BCUT2D eigenvalue weighted by atomic mass is 9.92. The van der Waals surface area contributed by atoms with Crippen molar-refractivity contribution >= 4 is 52.4 Å². The molecule has 0 atom stereocenters. The zero-order chi connectivity index (χ0) is 24.7. The van der Waals surface area contributed by atoms with Crippen LogP contribution < -0.4 is 16.0 Å². The van der Waals surface area contributed by atoms with Crippen molar-refractivity contribution in [2.24, 2.45) is 0 Å². The van der Waals surface area contributed by atoms with Gasteiger partial charge in [0.05, 0.1) is 21.4 Å². The smallest absolute Gasteiger partial charge is 0.323 e. The van der Waals surface area contributed by atoms with E-state index < -0.39 is 23.3 Å². The van der Waals surface area contributed by atoms with E-state index in [9.17, 15) is 18.8 Å². The Morgan fingerprint density at radius 2 is 1.76 bits per heavy atom. The number of hydrogen-bond donors (Lipinski definition) is 4. The third-order valence-electron chi connectivity index (χ3n) is 5.47. The number of carbonyl (C=O) groups excluding carboxylic acids is 3. The van der Waals surface area contributed by atoms with Crippen LogP contribution in [0.5, 0.6) is 0 Å². The molecule has 1 aliphatic rings. The van der Waals surface area contributed by atoms with Crippen molar-refractivity contribution in [3.05, 3.63) is 45.4 Å². The van der Waals surface area contributed by atoms with Crippen LogP contribution in [0.1, 0.15) is 50.8 Å². The minimum Gasteiger partial charge on any atom is -0.352 e. The highest BCUT2D eigenvalue weighted by Gasteiger charge is 2.42. The second-order valence-electron chi connectivity index (χ2n) is 9.30. The first kappa shape index (κ1) is 24.9. The second kappa shape index (κ2) is 8.87. The van der Waals surface area contributed by atoms with E-state index in [4.69, 9.17) is 23.2 Å². The fourth-order valence-electron chi connectivity index (χ4n) is 3.41. The summed E-state index contributed by atoms with van der Waals surface area (Å²) in [7, 11) is 0. The molecule has 1 aromatic carbocycles. The molecule has 1 aliphatic heterocycles. The molecule has 1 saturated heterocycles. The van der Waals surface area contributed by atoms with Gasteiger partial charge >= 0.3 is 6.03 Å². The molecule has 2 heterocycles. The fourth-order valence-corrected chi connectivity index (χ4v) is 3.78. The van der Waals surface area contributed by atoms with Gasteiger partial charge in [0, 0.05) is 24.2 Å². The van der Waals surface area contributed by atoms with Crippen LogP contribution in [0.3, 0.4) is 0 Å². The van der Waals surface area contributed by atoms with Crippen LogP contribution in [-0.4, -0.2) is 46.4 Å². The van der Waals surface area contributed by atoms with Gasteiger partial charge in [0.15, 0.2) is 0 Å². The highest BCUT2D eigenvalue weighted by atomic mass is 35.5. The number of piperazine rings is 1. The summed E-state index contributed by atoms with van der Waals surface area (Å²) < 4.78 is 13.5. The summed E-state index contributed by atoms with van der Waals surface area (Å²) in [4.78, 5) is 43.1. The first-order valence-electron chi connectivity index (χ1n) is 10.3. The van der Waals surface area contributed by atoms with Gasteiger partial charge in [0.1, 0.15) is 17.1 Å². The van der Waals surface area contributed by atoms with Crippen molar-refractivity contribution in [3.8, 4) is 0 Å². The molecule has 2 aromatic rings. The summed E-state index contributed by atoms with van der Waals surface area (Å²) in [5.74, 6) is -1.41. The number of aromatic nitrogens is 1. The van der Waals surface area contributed by atoms with E-state index in [1.165, 1.54) is 11.0 Å². The van der Waals surface area contributed by atoms with Gasteiger partial charge in [0.25, 0.3) is 5.91 Å². The molecular formula is C22H26Cl2FN5O3. The third-order valence-corrected chi connectivity index (χ3v) is 6.33. The van der Waals surface area contributed by atoms with E-state index in [1.54, 1.807) is 19.9 Å². The molecular weight excluding hydrogens is 472 g/mol. The van der Waals surface area contributed by atoms with E-state index in [2.05, 4.69) is 20.9 Å². The summed E-state index contributed by atoms with van der Waals surface area (Å²) >= 11 is 11.8. The van der Waals surface area contributed by atoms with Crippen LogP contribution in [0, 0.1) is 5.82 Å². The lowest BCUT2D eigenvalue weighted by Crippen LogP contribution is -2.63. The molecule has 1 fully saturated rings. The second-order valence-corrected chi connectivity index (χ2v) is 10.1. The number of H-pyrrole nitrogens is 1. The van der Waals surface area contributed by atoms with Gasteiger partial charge in [-0.25, -0.2) is 9.18 Å². The summed E-state index contributed by atoms with van der Waals surface area (Å²) in [6, 6.07) is 3.32. The average Bonchev–Trinajstić information content (AvgIpc) is 3.14. The zero-order valence-corrected chi connectivity index (χ0v) is 20.5. The SMILES string of the molecule is CC(C)(C)c1cc(NC(=O)Nc2ccc(F)c(Cl)c2Cl)c(C(=O)N2CCNC(=O)C2(C)C)[nH]1. The van der Waals surface area contributed by atoms with Crippen LogP contribution >= 0.6 is 23.2 Å². The largest absolute Gasteiger partial charge is 0.352 e. The average molecular weight is 498 g/mol. The fraction of sp³-hybridized carbons (Fsp3) is 0.409. The number of amides is 4. The van der Waals surface area contributed by atoms with Gasteiger partial charge in [-0.1, -0.05) is 44.0 Å². The van der Waals surface area contributed by atoms with Gasteiger partial charge in [-0.05, 0) is 32.0 Å². The van der Waals surface area contributed by atoms with Crippen LogP contribution in [-0.2, 0) is 10.2 Å². The van der Waals surface area contributed by atoms with Crippen molar-refractivity contribution in [2.75, 3.05) is 23.7 Å². The van der Waals surface area contributed by atoms with Gasteiger partial charge in [0.2, 0.25) is 5.91 Å². The van der Waals surface area contributed by atoms with Gasteiger partial charge < -0.3 is 25.8 Å². The number of aromatic amines is 1. The van der Waals surface area contributed by atoms with Crippen molar-refractivity contribution in [1.29, 1.82) is 0 Å². The topological polar surface area (TPSA) is 106 Å². The molecule has 1 aromatic heterocycles. The van der Waals surface area contributed by atoms with E-state index in [1.807, 2.05) is 20.8 Å². The maximum Gasteiger partial charge on any atom is 0.323 e. The van der Waals surface area contributed by atoms with Crippen molar-refractivity contribution in [1.82, 2.24) is 15.2 Å². The minimum absolute atomic E-state index is 0.105. The third kappa shape index (κ3) is 4.94. The quantitative estimate of drug-likeness (QED) is 0.459. The number of nitrogens with zero attached hydrogens (tertiary/aromatic N) is 1. The normalized spacial score (nSPS) is 15.8. The lowest BCUT2D eigenvalue weighted by molar-refractivity contribution is -0.133. The summed E-state index contributed by atoms with van der Waals surface area (Å²) in [6.45, 7) is 9.82. The molecule has 4 amide bonds. The highest BCUT2D eigenvalue weighted by molar-refractivity contribution is 6.44. The zero-order valence-electron chi connectivity index (χ0n) is 19.0. The molecule has 0 radical (unpaired) electrons. The molecule has 33 heavy (non-hydrogen) atoms. The van der Waals surface area contributed by atoms with Crippen molar-refractivity contribution < 1.29 is 18.8 Å². The molecule has 3 rings (SSSR count). The maximum atomic E-state index is 13.5. The Bertz CT molecular complexity index is 1120. The lowest BCUT2D eigenvalue weighted by Gasteiger charge is -2.41. The number of benzene rings is 1. The van der Waals surface area contributed by atoms with E-state index in [0.29, 0.717) is 18.8 Å². The summed E-state index contributed by atoms with van der Waals surface area (Å²) in [6.07, 6.45) is 0. The predicted octanol–water partition coefficient (Wildman–Crippen LogP) is 4.75. The first-order chi connectivity index (χ1) is 15.2. The Kier molecular flexibility index (Phi) is 6.68. The number of rotatable bonds is 3. The molecule has 4 N–H and O–H groups in total. The summed E-state index contributed by atoms with van der Waals surface area (Å²) in [5, 5.41) is 7.45. The van der Waals surface area contributed by atoms with E-state index in [0.717, 1.165) is 6.07 Å². The molecule has 0 bridgehead atoms. The number of carbonyl (C=O) groups is 3. The number of halogens is 3. The van der Waals surface area contributed by atoms with Gasteiger partial charge in [-0.3, -0.25) is 9.59 Å². The molecule has 11 heteroatoms. The Balaban J connectivity index is 1.92. The predicted molar refractivity (Wildman–Crippen MR) is 127 cm³/mol. The van der Waals surface area contributed by atoms with Crippen molar-refractivity contribution in [2.45, 2.75) is 45.6 Å². The number of urea groups is 1. The number of nitrogens with one attached hydrogen (secondary N) is 4. The summed E-state index contributed by atoms with van der Waals surface area (Å²) in [5.41, 5.74) is -0.236. The van der Waals surface area contributed by atoms with Crippen molar-refractivity contribution in [3.63, 3.8) is 0 Å². The molecule has 0 aliphatic carbocycles. The standard InChI is InChI=1S/C22H26Cl2FN5O3/c1-21(2,3)14-10-13(28-20(33)27-12-7-6-11(25)15(23)16(12)24)17(29-14)18(31)30-9-8-26-19(32)22(30,4)5/h6-7,10,29H,8-9H2,1-5H3,(H,26,32)(H2,27,28,33). The van der Waals surface area contributed by atoms with E-state index in [-0.39, 0.29) is 38.4 Å². The monoisotopic (exact) mass is 497 g/mol. The number of hydrogen-bond acceptors (Lipinski definition) is 3. The maximum absolute atomic E-state index is 13.5. The molecule has 0 unspecified atom stereocenters. The Hall–Kier alpha value is -2.78.